The Morgan fingerprint density at radius 3 is 2.67 bits per heavy atom. The number of carbonyl (C=O) groups is 1. The molecule has 0 saturated heterocycles. The second-order valence-corrected chi connectivity index (χ2v) is 3.09. The summed E-state index contributed by atoms with van der Waals surface area (Å²) >= 11 is 0. The van der Waals surface area contributed by atoms with Crippen LogP contribution in [0.1, 0.15) is 6.92 Å². The van der Waals surface area contributed by atoms with Gasteiger partial charge in [-0.3, -0.25) is 15.1 Å². The van der Waals surface area contributed by atoms with Crippen molar-refractivity contribution in [3.8, 4) is 0 Å². The van der Waals surface area contributed by atoms with Gasteiger partial charge in [0, 0.05) is 11.4 Å². The molecule has 0 aliphatic carbocycles. The molecule has 0 saturated carbocycles. The summed E-state index contributed by atoms with van der Waals surface area (Å²) in [7, 11) is 0. The number of carbonyl (C=O) groups excluding carboxylic acids is 1. The van der Waals surface area contributed by atoms with Crippen molar-refractivity contribution in [2.24, 2.45) is 0 Å². The molecule has 0 unspecified atom stereocenters. The average molecular weight is 206 g/mol. The molecular weight excluding hydrogens is 192 g/mol. The number of hydroxylamine groups is 1. The molecular formula is C11H14N2O2. The summed E-state index contributed by atoms with van der Waals surface area (Å²) in [5.74, 6) is -0.213. The van der Waals surface area contributed by atoms with E-state index in [0.717, 1.165) is 5.69 Å². The molecule has 0 radical (unpaired) electrons. The molecule has 0 aliphatic rings. The summed E-state index contributed by atoms with van der Waals surface area (Å²) in [5, 5.41) is 2.68. The van der Waals surface area contributed by atoms with Crippen LogP contribution in [0.5, 0.6) is 0 Å². The largest absolute Gasteiger partial charge is 0.324 e. The van der Waals surface area contributed by atoms with Crippen molar-refractivity contribution in [3.05, 3.63) is 42.6 Å². The zero-order valence-corrected chi connectivity index (χ0v) is 8.62. The summed E-state index contributed by atoms with van der Waals surface area (Å²) in [6.45, 7) is 5.26. The molecule has 2 N–H and O–H groups in total. The summed E-state index contributed by atoms with van der Waals surface area (Å²) in [5.41, 5.74) is 3.91. The Labute approximate surface area is 88.9 Å². The van der Waals surface area contributed by atoms with Crippen molar-refractivity contribution >= 4 is 11.6 Å². The Morgan fingerprint density at radius 2 is 2.07 bits per heavy atom. The van der Waals surface area contributed by atoms with Gasteiger partial charge in [0.2, 0.25) is 0 Å². The second kappa shape index (κ2) is 5.82. The minimum Gasteiger partial charge on any atom is -0.324 e. The van der Waals surface area contributed by atoms with Crippen molar-refractivity contribution < 1.29 is 9.63 Å². The smallest absolute Gasteiger partial charge is 0.253 e. The van der Waals surface area contributed by atoms with Gasteiger partial charge in [0.15, 0.2) is 6.61 Å². The fourth-order valence-corrected chi connectivity index (χ4v) is 0.943. The predicted octanol–water partition coefficient (Wildman–Crippen LogP) is 1.68. The lowest BCUT2D eigenvalue weighted by Gasteiger charge is -2.06. The molecule has 0 aliphatic heterocycles. The van der Waals surface area contributed by atoms with E-state index in [2.05, 4.69) is 17.4 Å². The molecule has 1 rings (SSSR count). The highest BCUT2D eigenvalue weighted by Crippen LogP contribution is 2.04. The number of para-hydroxylation sites is 1. The first-order valence-electron chi connectivity index (χ1n) is 4.56. The fraction of sp³-hybridized carbons (Fsp3) is 0.182. The summed E-state index contributed by atoms with van der Waals surface area (Å²) < 4.78 is 0. The molecule has 1 amide bonds. The maximum Gasteiger partial charge on any atom is 0.253 e. The summed E-state index contributed by atoms with van der Waals surface area (Å²) in [4.78, 5) is 16.2. The highest BCUT2D eigenvalue weighted by atomic mass is 16.6. The van der Waals surface area contributed by atoms with Crippen LogP contribution in [0.25, 0.3) is 0 Å². The van der Waals surface area contributed by atoms with Gasteiger partial charge in [0.05, 0.1) is 0 Å². The molecule has 1 aromatic rings. The normalized spacial score (nSPS) is 9.40. The maximum atomic E-state index is 11.3. The number of hydrogen-bond acceptors (Lipinski definition) is 3. The van der Waals surface area contributed by atoms with E-state index in [1.54, 1.807) is 6.92 Å². The highest BCUT2D eigenvalue weighted by molar-refractivity contribution is 5.91. The third-order valence-corrected chi connectivity index (χ3v) is 1.51. The quantitative estimate of drug-likeness (QED) is 0.721. The Hall–Kier alpha value is -1.81. The van der Waals surface area contributed by atoms with E-state index in [1.807, 2.05) is 30.3 Å². The number of allylic oxidation sites excluding steroid dienone is 1. The first-order valence-corrected chi connectivity index (χ1v) is 4.56. The molecule has 0 spiro atoms. The molecule has 0 heterocycles. The minimum atomic E-state index is -0.213. The van der Waals surface area contributed by atoms with Gasteiger partial charge < -0.3 is 5.32 Å². The fourth-order valence-electron chi connectivity index (χ4n) is 0.943. The number of benzene rings is 1. The Bertz CT molecular complexity index is 336. The zero-order valence-electron chi connectivity index (χ0n) is 8.62. The number of anilines is 1. The molecule has 0 aromatic heterocycles. The molecule has 4 nitrogen and oxygen atoms in total. The van der Waals surface area contributed by atoms with Crippen LogP contribution < -0.4 is 10.8 Å². The minimum absolute atomic E-state index is 0.0538. The Morgan fingerprint density at radius 1 is 1.40 bits per heavy atom. The molecule has 80 valence electrons. The molecule has 0 bridgehead atoms. The Kier molecular flexibility index (Phi) is 4.37. The predicted molar refractivity (Wildman–Crippen MR) is 59.0 cm³/mol. The van der Waals surface area contributed by atoms with Crippen LogP contribution in [-0.2, 0) is 9.63 Å². The van der Waals surface area contributed by atoms with E-state index >= 15 is 0 Å². The first kappa shape index (κ1) is 11.3. The lowest BCUT2D eigenvalue weighted by Crippen LogP contribution is -2.23. The number of amides is 1. The van der Waals surface area contributed by atoms with E-state index in [-0.39, 0.29) is 12.5 Å². The van der Waals surface area contributed by atoms with E-state index < -0.39 is 0 Å². The van der Waals surface area contributed by atoms with Gasteiger partial charge in [0.1, 0.15) is 0 Å². The van der Waals surface area contributed by atoms with E-state index in [1.165, 1.54) is 0 Å². The zero-order chi connectivity index (χ0) is 11.1. The third kappa shape index (κ3) is 4.83. The standard InChI is InChI=1S/C11H14N2O2/c1-9(2)13-15-8-11(14)12-10-6-4-3-5-7-10/h3-7,13H,1,8H2,2H3,(H,12,14). The van der Waals surface area contributed by atoms with Crippen LogP contribution in [0.2, 0.25) is 0 Å². The van der Waals surface area contributed by atoms with Crippen molar-refractivity contribution in [1.82, 2.24) is 5.48 Å². The lowest BCUT2D eigenvalue weighted by atomic mass is 10.3. The van der Waals surface area contributed by atoms with Crippen LogP contribution in [0, 0.1) is 0 Å². The maximum absolute atomic E-state index is 11.3. The van der Waals surface area contributed by atoms with Gasteiger partial charge in [-0.25, -0.2) is 0 Å². The van der Waals surface area contributed by atoms with Crippen LogP contribution in [0.4, 0.5) is 5.69 Å². The number of nitrogens with one attached hydrogen (secondary N) is 2. The SMILES string of the molecule is C=C(C)NOCC(=O)Nc1ccccc1. The van der Waals surface area contributed by atoms with E-state index in [9.17, 15) is 4.79 Å². The molecule has 4 heteroatoms. The van der Waals surface area contributed by atoms with Crippen molar-refractivity contribution in [2.75, 3.05) is 11.9 Å². The van der Waals surface area contributed by atoms with E-state index in [4.69, 9.17) is 4.84 Å². The van der Waals surface area contributed by atoms with Gasteiger partial charge in [-0.15, -0.1) is 0 Å². The van der Waals surface area contributed by atoms with Gasteiger partial charge in [-0.05, 0) is 19.1 Å². The number of rotatable bonds is 5. The highest BCUT2D eigenvalue weighted by Gasteiger charge is 2.01. The van der Waals surface area contributed by atoms with Gasteiger partial charge in [-0.2, -0.15) is 0 Å². The van der Waals surface area contributed by atoms with Gasteiger partial charge in [-0.1, -0.05) is 24.8 Å². The van der Waals surface area contributed by atoms with Crippen LogP contribution >= 0.6 is 0 Å². The summed E-state index contributed by atoms with van der Waals surface area (Å²) in [6.07, 6.45) is 0. The van der Waals surface area contributed by atoms with Crippen LogP contribution in [0.15, 0.2) is 42.6 Å². The van der Waals surface area contributed by atoms with E-state index in [0.29, 0.717) is 5.70 Å². The van der Waals surface area contributed by atoms with Crippen LogP contribution in [-0.4, -0.2) is 12.5 Å². The molecule has 0 atom stereocenters. The molecule has 0 fully saturated rings. The molecule has 1 aromatic carbocycles. The molecule has 15 heavy (non-hydrogen) atoms. The summed E-state index contributed by atoms with van der Waals surface area (Å²) in [6, 6.07) is 9.20. The Balaban J connectivity index is 2.28. The van der Waals surface area contributed by atoms with Crippen molar-refractivity contribution in [3.63, 3.8) is 0 Å². The average Bonchev–Trinajstić information content (AvgIpc) is 2.18. The van der Waals surface area contributed by atoms with Gasteiger partial charge in [0.25, 0.3) is 5.91 Å². The second-order valence-electron chi connectivity index (χ2n) is 3.09. The number of hydrogen-bond donors (Lipinski definition) is 2. The van der Waals surface area contributed by atoms with Crippen molar-refractivity contribution in [1.29, 1.82) is 0 Å². The monoisotopic (exact) mass is 206 g/mol. The third-order valence-electron chi connectivity index (χ3n) is 1.51. The van der Waals surface area contributed by atoms with Gasteiger partial charge >= 0.3 is 0 Å². The lowest BCUT2D eigenvalue weighted by molar-refractivity contribution is -0.122. The first-order chi connectivity index (χ1) is 7.18. The van der Waals surface area contributed by atoms with Crippen molar-refractivity contribution in [2.45, 2.75) is 6.92 Å². The topological polar surface area (TPSA) is 50.4 Å². The van der Waals surface area contributed by atoms with Crippen LogP contribution in [0.3, 0.4) is 0 Å².